The molecule has 4 rings (SSSR count). The second kappa shape index (κ2) is 10.2. The molecule has 0 aliphatic heterocycles. The van der Waals surface area contributed by atoms with Gasteiger partial charge in [-0.25, -0.2) is 9.78 Å². The maximum atomic E-state index is 13.1. The van der Waals surface area contributed by atoms with Gasteiger partial charge >= 0.3 is 5.97 Å². The second-order valence-electron chi connectivity index (χ2n) is 7.28. The molecule has 7 heteroatoms. The maximum absolute atomic E-state index is 13.1. The molecule has 1 heterocycles. The van der Waals surface area contributed by atoms with Crippen molar-refractivity contribution in [3.63, 3.8) is 0 Å². The number of aromatic amines is 1. The lowest BCUT2D eigenvalue weighted by molar-refractivity contribution is -0.136. The fourth-order valence-electron chi connectivity index (χ4n) is 3.43. The van der Waals surface area contributed by atoms with E-state index in [0.29, 0.717) is 22.4 Å². The SMILES string of the molecule is COc1ccccc1C=C(C(=O)OCC(O)=C(C#N)c1nc2ccccc2[nH]1)c1ccccc1. The van der Waals surface area contributed by atoms with Gasteiger partial charge in [0.25, 0.3) is 0 Å². The number of H-pyrrole nitrogens is 1. The summed E-state index contributed by atoms with van der Waals surface area (Å²) in [5, 5.41) is 20.1. The van der Waals surface area contributed by atoms with E-state index in [9.17, 15) is 15.2 Å². The van der Waals surface area contributed by atoms with Crippen LogP contribution in [0.2, 0.25) is 0 Å². The van der Waals surface area contributed by atoms with E-state index in [4.69, 9.17) is 9.47 Å². The van der Waals surface area contributed by atoms with E-state index >= 15 is 0 Å². The number of rotatable bonds is 7. The van der Waals surface area contributed by atoms with E-state index in [2.05, 4.69) is 9.97 Å². The van der Waals surface area contributed by atoms with Gasteiger partial charge in [0.1, 0.15) is 24.0 Å². The predicted molar refractivity (Wildman–Crippen MR) is 130 cm³/mol. The lowest BCUT2D eigenvalue weighted by Crippen LogP contribution is -2.11. The van der Waals surface area contributed by atoms with E-state index in [1.807, 2.05) is 60.7 Å². The van der Waals surface area contributed by atoms with Crippen molar-refractivity contribution >= 4 is 34.2 Å². The molecule has 0 spiro atoms. The minimum Gasteiger partial charge on any atom is -0.507 e. The van der Waals surface area contributed by atoms with Crippen molar-refractivity contribution in [2.45, 2.75) is 0 Å². The molecule has 0 aliphatic rings. The molecule has 34 heavy (non-hydrogen) atoms. The molecule has 2 N–H and O–H groups in total. The van der Waals surface area contributed by atoms with Gasteiger partial charge in [0, 0.05) is 5.56 Å². The highest BCUT2D eigenvalue weighted by Gasteiger charge is 2.18. The topological polar surface area (TPSA) is 108 Å². The van der Waals surface area contributed by atoms with Gasteiger partial charge in [-0.15, -0.1) is 0 Å². The highest BCUT2D eigenvalue weighted by molar-refractivity contribution is 6.21. The van der Waals surface area contributed by atoms with Crippen LogP contribution in [0.3, 0.4) is 0 Å². The molecule has 0 atom stereocenters. The third-order valence-electron chi connectivity index (χ3n) is 5.11. The van der Waals surface area contributed by atoms with Crippen LogP contribution in [-0.2, 0) is 9.53 Å². The number of fused-ring (bicyclic) bond motifs is 1. The number of aliphatic hydroxyl groups is 1. The van der Waals surface area contributed by atoms with Crippen molar-refractivity contribution in [1.82, 2.24) is 9.97 Å². The fourth-order valence-corrected chi connectivity index (χ4v) is 3.43. The first-order valence-corrected chi connectivity index (χ1v) is 10.5. The molecule has 3 aromatic carbocycles. The van der Waals surface area contributed by atoms with Gasteiger partial charge in [-0.3, -0.25) is 0 Å². The van der Waals surface area contributed by atoms with Gasteiger partial charge in [-0.05, 0) is 29.8 Å². The Kier molecular flexibility index (Phi) is 6.70. The quantitative estimate of drug-likeness (QED) is 0.132. The van der Waals surface area contributed by atoms with Crippen molar-refractivity contribution in [3.05, 3.63) is 102 Å². The molecule has 0 bridgehead atoms. The predicted octanol–water partition coefficient (Wildman–Crippen LogP) is 5.15. The molecule has 0 saturated carbocycles. The Bertz CT molecular complexity index is 1400. The lowest BCUT2D eigenvalue weighted by Gasteiger charge is -2.11. The summed E-state index contributed by atoms with van der Waals surface area (Å²) in [7, 11) is 1.55. The average Bonchev–Trinajstić information content (AvgIpc) is 3.30. The highest BCUT2D eigenvalue weighted by atomic mass is 16.5. The van der Waals surface area contributed by atoms with Crippen molar-refractivity contribution in [2.24, 2.45) is 0 Å². The smallest absolute Gasteiger partial charge is 0.339 e. The van der Waals surface area contributed by atoms with Crippen molar-refractivity contribution in [2.75, 3.05) is 13.7 Å². The number of hydrogen-bond donors (Lipinski definition) is 2. The van der Waals surface area contributed by atoms with Crippen molar-refractivity contribution in [3.8, 4) is 11.8 Å². The average molecular weight is 451 g/mol. The van der Waals surface area contributed by atoms with Gasteiger partial charge in [0.05, 0.1) is 23.7 Å². The molecule has 0 aliphatic carbocycles. The summed E-state index contributed by atoms with van der Waals surface area (Å²) in [4.78, 5) is 20.4. The maximum Gasteiger partial charge on any atom is 0.339 e. The van der Waals surface area contributed by atoms with E-state index in [1.54, 1.807) is 37.5 Å². The zero-order valence-corrected chi connectivity index (χ0v) is 18.4. The summed E-state index contributed by atoms with van der Waals surface area (Å²) in [5.41, 5.74) is 2.89. The van der Waals surface area contributed by atoms with Gasteiger partial charge in [-0.2, -0.15) is 5.26 Å². The van der Waals surface area contributed by atoms with Crippen molar-refractivity contribution < 1.29 is 19.4 Å². The van der Waals surface area contributed by atoms with Crippen LogP contribution < -0.4 is 4.74 Å². The number of para-hydroxylation sites is 3. The zero-order chi connectivity index (χ0) is 23.9. The first-order valence-electron chi connectivity index (χ1n) is 10.5. The number of nitriles is 1. The standard InChI is InChI=1S/C27H21N3O4/c1-33-25-14-8-5-11-19(25)15-20(18-9-3-2-4-10-18)27(32)34-17-24(31)21(16-28)26-29-22-12-6-7-13-23(22)30-26/h2-15,31H,17H2,1H3,(H,29,30). The number of carbonyl (C=O) groups excluding carboxylic acids is 1. The summed E-state index contributed by atoms with van der Waals surface area (Å²) < 4.78 is 10.8. The van der Waals surface area contributed by atoms with Crippen LogP contribution in [0.4, 0.5) is 0 Å². The van der Waals surface area contributed by atoms with Crippen LogP contribution in [0, 0.1) is 11.3 Å². The Labute approximate surface area is 196 Å². The monoisotopic (exact) mass is 451 g/mol. The summed E-state index contributed by atoms with van der Waals surface area (Å²) in [6.45, 7) is -0.491. The zero-order valence-electron chi connectivity index (χ0n) is 18.4. The Morgan fingerprint density at radius 3 is 2.50 bits per heavy atom. The molecule has 1 aromatic heterocycles. The van der Waals surface area contributed by atoms with Gasteiger partial charge in [-0.1, -0.05) is 60.7 Å². The summed E-state index contributed by atoms with van der Waals surface area (Å²) in [6, 6.07) is 25.5. The molecular weight excluding hydrogens is 430 g/mol. The number of nitrogens with one attached hydrogen (secondary N) is 1. The van der Waals surface area contributed by atoms with Crippen molar-refractivity contribution in [1.29, 1.82) is 5.26 Å². The number of aliphatic hydroxyl groups excluding tert-OH is 1. The Morgan fingerprint density at radius 2 is 1.76 bits per heavy atom. The molecule has 0 saturated heterocycles. The Morgan fingerprint density at radius 1 is 1.06 bits per heavy atom. The van der Waals surface area contributed by atoms with Crippen LogP contribution >= 0.6 is 0 Å². The number of benzene rings is 3. The number of esters is 1. The van der Waals surface area contributed by atoms with Crippen LogP contribution in [-0.4, -0.2) is 34.8 Å². The van der Waals surface area contributed by atoms with E-state index in [1.165, 1.54) is 0 Å². The number of hydrogen-bond acceptors (Lipinski definition) is 6. The lowest BCUT2D eigenvalue weighted by atomic mass is 10.0. The molecule has 0 amide bonds. The number of nitrogens with zero attached hydrogens (tertiary/aromatic N) is 2. The molecule has 0 radical (unpaired) electrons. The number of ether oxygens (including phenoxy) is 2. The molecule has 168 valence electrons. The van der Waals surface area contributed by atoms with Crippen LogP contribution in [0.25, 0.3) is 28.3 Å². The largest absolute Gasteiger partial charge is 0.507 e. The van der Waals surface area contributed by atoms with Gasteiger partial charge in [0.2, 0.25) is 0 Å². The third kappa shape index (κ3) is 4.81. The highest BCUT2D eigenvalue weighted by Crippen LogP contribution is 2.26. The second-order valence-corrected chi connectivity index (χ2v) is 7.28. The Balaban J connectivity index is 1.62. The van der Waals surface area contributed by atoms with Gasteiger partial charge in [0.15, 0.2) is 11.6 Å². The van der Waals surface area contributed by atoms with E-state index < -0.39 is 18.3 Å². The summed E-state index contributed by atoms with van der Waals surface area (Å²) >= 11 is 0. The molecule has 4 aromatic rings. The number of allylic oxidation sites excluding steroid dienone is 1. The van der Waals surface area contributed by atoms with Crippen LogP contribution in [0.15, 0.2) is 84.6 Å². The van der Waals surface area contributed by atoms with Crippen LogP contribution in [0.5, 0.6) is 5.75 Å². The molecule has 0 fully saturated rings. The number of imidazole rings is 1. The minimum absolute atomic E-state index is 0.0982. The number of aromatic nitrogens is 2. The first kappa shape index (κ1) is 22.4. The Hall–Kier alpha value is -4.83. The molecular formula is C27H21N3O4. The fraction of sp³-hybridized carbons (Fsp3) is 0.0741. The first-order chi connectivity index (χ1) is 16.6. The minimum atomic E-state index is -0.662. The number of methoxy groups -OCH3 is 1. The molecule has 0 unspecified atom stereocenters. The molecule has 7 nitrogen and oxygen atoms in total. The van der Waals surface area contributed by atoms with Crippen LogP contribution in [0.1, 0.15) is 17.0 Å². The van der Waals surface area contributed by atoms with Gasteiger partial charge < -0.3 is 19.6 Å². The van der Waals surface area contributed by atoms with E-state index in [0.717, 1.165) is 5.52 Å². The van der Waals surface area contributed by atoms with E-state index in [-0.39, 0.29) is 17.0 Å². The summed E-state index contributed by atoms with van der Waals surface area (Å²) in [6.07, 6.45) is 1.67. The number of carbonyl (C=O) groups is 1. The normalized spacial score (nSPS) is 12.1. The third-order valence-corrected chi connectivity index (χ3v) is 5.11. The summed E-state index contributed by atoms with van der Waals surface area (Å²) in [5.74, 6) is -0.265.